The highest BCUT2D eigenvalue weighted by Crippen LogP contribution is 2.27. The molecule has 3 saturated heterocycles. The second kappa shape index (κ2) is 6.67. The first-order valence-corrected chi connectivity index (χ1v) is 8.52. The molecule has 112 valence electrons. The first kappa shape index (κ1) is 14.7. The highest BCUT2D eigenvalue weighted by atomic mass is 32.2. The van der Waals surface area contributed by atoms with Crippen LogP contribution in [0.15, 0.2) is 40.6 Å². The Kier molecular flexibility index (Phi) is 4.66. The van der Waals surface area contributed by atoms with Gasteiger partial charge in [0.1, 0.15) is 0 Å². The molecular weight excluding hydrogens is 280 g/mol. The van der Waals surface area contributed by atoms with Gasteiger partial charge in [-0.1, -0.05) is 30.0 Å². The maximum Gasteiger partial charge on any atom is 0.244 e. The van der Waals surface area contributed by atoms with E-state index in [2.05, 4.69) is 29.3 Å². The standard InChI is InChI=1S/C17H22N2OS/c1-13-4-2-3-5-16(13)21-11-8-17(20)18-15-12-19-9-6-14(15)7-10-19/h2-5,8,11,14-15H,6-7,9-10,12H2,1H3,(H,18,20)/b11-8-. The molecule has 3 nitrogen and oxygen atoms in total. The lowest BCUT2D eigenvalue weighted by Crippen LogP contribution is -2.57. The van der Waals surface area contributed by atoms with Crippen molar-refractivity contribution >= 4 is 17.7 Å². The fraction of sp³-hybridized carbons (Fsp3) is 0.471. The number of fused-ring (bicyclic) bond motifs is 3. The Morgan fingerprint density at radius 1 is 1.33 bits per heavy atom. The molecule has 3 aliphatic heterocycles. The number of hydrogen-bond acceptors (Lipinski definition) is 3. The monoisotopic (exact) mass is 302 g/mol. The van der Waals surface area contributed by atoms with Gasteiger partial charge in [0.05, 0.1) is 0 Å². The fourth-order valence-corrected chi connectivity index (χ4v) is 3.97. The maximum atomic E-state index is 12.0. The van der Waals surface area contributed by atoms with Crippen molar-refractivity contribution in [1.29, 1.82) is 0 Å². The van der Waals surface area contributed by atoms with Crippen LogP contribution in [0.1, 0.15) is 18.4 Å². The molecule has 1 amide bonds. The molecule has 0 radical (unpaired) electrons. The number of rotatable bonds is 4. The molecule has 1 atom stereocenters. The summed E-state index contributed by atoms with van der Waals surface area (Å²) in [5.74, 6) is 0.714. The molecule has 4 heteroatoms. The Morgan fingerprint density at radius 3 is 2.76 bits per heavy atom. The number of piperidine rings is 3. The number of hydrogen-bond donors (Lipinski definition) is 1. The van der Waals surface area contributed by atoms with Gasteiger partial charge in [0, 0.05) is 23.6 Å². The molecule has 3 aliphatic rings. The van der Waals surface area contributed by atoms with E-state index in [9.17, 15) is 4.79 Å². The van der Waals surface area contributed by atoms with Crippen LogP contribution in [0.2, 0.25) is 0 Å². The topological polar surface area (TPSA) is 32.3 Å². The molecule has 1 aromatic carbocycles. The molecule has 1 aromatic rings. The summed E-state index contributed by atoms with van der Waals surface area (Å²) in [4.78, 5) is 15.7. The maximum absolute atomic E-state index is 12.0. The highest BCUT2D eigenvalue weighted by Gasteiger charge is 2.34. The second-order valence-corrected chi connectivity index (χ2v) is 6.89. The van der Waals surface area contributed by atoms with Gasteiger partial charge in [0.2, 0.25) is 5.91 Å². The van der Waals surface area contributed by atoms with Crippen molar-refractivity contribution in [2.45, 2.75) is 30.7 Å². The van der Waals surface area contributed by atoms with E-state index < -0.39 is 0 Å². The summed E-state index contributed by atoms with van der Waals surface area (Å²) in [6.07, 6.45) is 4.12. The fourth-order valence-electron chi connectivity index (χ4n) is 3.22. The number of thioether (sulfide) groups is 1. The van der Waals surface area contributed by atoms with Crippen molar-refractivity contribution in [2.24, 2.45) is 5.92 Å². The summed E-state index contributed by atoms with van der Waals surface area (Å²) < 4.78 is 0. The molecule has 21 heavy (non-hydrogen) atoms. The van der Waals surface area contributed by atoms with Gasteiger partial charge in [-0.05, 0) is 55.8 Å². The smallest absolute Gasteiger partial charge is 0.244 e. The minimum absolute atomic E-state index is 0.0369. The Balaban J connectivity index is 1.50. The van der Waals surface area contributed by atoms with E-state index >= 15 is 0 Å². The van der Waals surface area contributed by atoms with Crippen molar-refractivity contribution in [3.63, 3.8) is 0 Å². The van der Waals surface area contributed by atoms with Crippen LogP contribution in [0.5, 0.6) is 0 Å². The van der Waals surface area contributed by atoms with Crippen LogP contribution in [0.4, 0.5) is 0 Å². The third kappa shape index (κ3) is 3.69. The predicted octanol–water partition coefficient (Wildman–Crippen LogP) is 2.81. The van der Waals surface area contributed by atoms with Gasteiger partial charge in [-0.25, -0.2) is 0 Å². The number of nitrogens with one attached hydrogen (secondary N) is 1. The van der Waals surface area contributed by atoms with E-state index in [1.54, 1.807) is 17.8 Å². The first-order chi connectivity index (χ1) is 10.2. The summed E-state index contributed by atoms with van der Waals surface area (Å²) >= 11 is 1.60. The van der Waals surface area contributed by atoms with Crippen LogP contribution in [-0.2, 0) is 4.79 Å². The Bertz CT molecular complexity index is 535. The summed E-state index contributed by atoms with van der Waals surface area (Å²) in [6, 6.07) is 8.56. The van der Waals surface area contributed by atoms with E-state index in [4.69, 9.17) is 0 Å². The molecule has 1 unspecified atom stereocenters. The van der Waals surface area contributed by atoms with Gasteiger partial charge in [0.25, 0.3) is 0 Å². The largest absolute Gasteiger partial charge is 0.348 e. The minimum Gasteiger partial charge on any atom is -0.348 e. The van der Waals surface area contributed by atoms with Gasteiger partial charge >= 0.3 is 0 Å². The van der Waals surface area contributed by atoms with E-state index in [0.717, 1.165) is 6.54 Å². The summed E-state index contributed by atoms with van der Waals surface area (Å²) in [7, 11) is 0. The molecule has 3 heterocycles. The van der Waals surface area contributed by atoms with Crippen molar-refractivity contribution in [2.75, 3.05) is 19.6 Å². The van der Waals surface area contributed by atoms with E-state index in [1.165, 1.54) is 36.4 Å². The molecule has 0 saturated carbocycles. The van der Waals surface area contributed by atoms with E-state index in [-0.39, 0.29) is 5.91 Å². The zero-order valence-corrected chi connectivity index (χ0v) is 13.2. The molecule has 0 aromatic heterocycles. The number of carbonyl (C=O) groups is 1. The van der Waals surface area contributed by atoms with Crippen LogP contribution in [0, 0.1) is 12.8 Å². The lowest BCUT2D eigenvalue weighted by Gasteiger charge is -2.44. The third-order valence-electron chi connectivity index (χ3n) is 4.49. The summed E-state index contributed by atoms with van der Waals surface area (Å²) in [5.41, 5.74) is 1.24. The van der Waals surface area contributed by atoms with Gasteiger partial charge in [-0.2, -0.15) is 0 Å². The molecular formula is C17H22N2OS. The molecule has 4 rings (SSSR count). The summed E-state index contributed by atoms with van der Waals surface area (Å²) in [6.45, 7) is 5.52. The van der Waals surface area contributed by atoms with Crippen LogP contribution >= 0.6 is 11.8 Å². The van der Waals surface area contributed by atoms with E-state index in [1.807, 2.05) is 17.5 Å². The van der Waals surface area contributed by atoms with Crippen LogP contribution in [0.25, 0.3) is 0 Å². The number of carbonyl (C=O) groups excluding carboxylic acids is 1. The zero-order valence-electron chi connectivity index (χ0n) is 12.4. The lowest BCUT2D eigenvalue weighted by molar-refractivity contribution is -0.118. The lowest BCUT2D eigenvalue weighted by atomic mass is 9.84. The van der Waals surface area contributed by atoms with Crippen LogP contribution in [0.3, 0.4) is 0 Å². The van der Waals surface area contributed by atoms with Gasteiger partial charge in [0.15, 0.2) is 0 Å². The molecule has 3 fully saturated rings. The molecule has 2 bridgehead atoms. The second-order valence-electron chi connectivity index (χ2n) is 5.94. The third-order valence-corrected chi connectivity index (χ3v) is 5.48. The van der Waals surface area contributed by atoms with Crippen molar-refractivity contribution in [3.05, 3.63) is 41.3 Å². The zero-order chi connectivity index (χ0) is 14.7. The van der Waals surface area contributed by atoms with Crippen molar-refractivity contribution in [3.8, 4) is 0 Å². The Morgan fingerprint density at radius 2 is 2.10 bits per heavy atom. The minimum atomic E-state index is 0.0369. The van der Waals surface area contributed by atoms with Crippen molar-refractivity contribution in [1.82, 2.24) is 10.2 Å². The summed E-state index contributed by atoms with van der Waals surface area (Å²) in [5, 5.41) is 5.06. The Hall–Kier alpha value is -1.26. The van der Waals surface area contributed by atoms with Gasteiger partial charge < -0.3 is 10.2 Å². The normalized spacial score (nSPS) is 28.0. The van der Waals surface area contributed by atoms with Gasteiger partial charge in [-0.15, -0.1) is 0 Å². The number of aryl methyl sites for hydroxylation is 1. The van der Waals surface area contributed by atoms with Crippen molar-refractivity contribution < 1.29 is 4.79 Å². The number of nitrogens with zero attached hydrogens (tertiary/aromatic N) is 1. The molecule has 1 N–H and O–H groups in total. The first-order valence-electron chi connectivity index (χ1n) is 7.64. The quantitative estimate of drug-likeness (QED) is 0.686. The number of benzene rings is 1. The SMILES string of the molecule is Cc1ccccc1S/C=C\C(=O)NC1CN2CCC1CC2. The highest BCUT2D eigenvalue weighted by molar-refractivity contribution is 8.02. The van der Waals surface area contributed by atoms with Gasteiger partial charge in [-0.3, -0.25) is 4.79 Å². The van der Waals surface area contributed by atoms with Crippen LogP contribution < -0.4 is 5.32 Å². The predicted molar refractivity (Wildman–Crippen MR) is 87.3 cm³/mol. The molecule has 0 spiro atoms. The van der Waals surface area contributed by atoms with Crippen LogP contribution in [-0.4, -0.2) is 36.5 Å². The van der Waals surface area contributed by atoms with E-state index in [0.29, 0.717) is 12.0 Å². The average Bonchev–Trinajstić information content (AvgIpc) is 2.50. The molecule has 0 aliphatic carbocycles. The average molecular weight is 302 g/mol. The number of amides is 1. The Labute approximate surface area is 130 Å².